The number of carbonyl (C=O) groups is 1. The number of ketones is 1. The van der Waals surface area contributed by atoms with Crippen molar-refractivity contribution < 1.29 is 4.79 Å². The van der Waals surface area contributed by atoms with Crippen molar-refractivity contribution >= 4 is 17.4 Å². The summed E-state index contributed by atoms with van der Waals surface area (Å²) in [7, 11) is 0. The van der Waals surface area contributed by atoms with E-state index in [4.69, 9.17) is 11.6 Å². The maximum atomic E-state index is 12.6. The zero-order valence-electron chi connectivity index (χ0n) is 11.3. The van der Waals surface area contributed by atoms with Gasteiger partial charge in [0.1, 0.15) is 0 Å². The smallest absolute Gasteiger partial charge is 0.166 e. The van der Waals surface area contributed by atoms with E-state index in [0.717, 1.165) is 53.2 Å². The van der Waals surface area contributed by atoms with E-state index in [2.05, 4.69) is 5.32 Å². The number of halogens is 1. The Hall–Kier alpha value is -0.860. The molecule has 1 aliphatic heterocycles. The zero-order valence-corrected chi connectivity index (χ0v) is 12.0. The summed E-state index contributed by atoms with van der Waals surface area (Å²) >= 11 is 6.27. The van der Waals surface area contributed by atoms with Crippen molar-refractivity contribution in [2.24, 2.45) is 5.92 Å². The number of hydrogen-bond donors (Lipinski definition) is 1. The molecule has 1 saturated heterocycles. The second-order valence-electron chi connectivity index (χ2n) is 5.21. The fraction of sp³-hybridized carbons (Fsp3) is 0.533. The van der Waals surface area contributed by atoms with Crippen molar-refractivity contribution in [1.29, 1.82) is 0 Å². The Bertz CT molecular complexity index is 476. The van der Waals surface area contributed by atoms with E-state index in [9.17, 15) is 4.79 Å². The highest BCUT2D eigenvalue weighted by molar-refractivity contribution is 6.32. The minimum absolute atomic E-state index is 0.155. The van der Waals surface area contributed by atoms with Crippen LogP contribution < -0.4 is 5.32 Å². The highest BCUT2D eigenvalue weighted by Gasteiger charge is 2.25. The molecule has 0 atom stereocenters. The monoisotopic (exact) mass is 265 g/mol. The lowest BCUT2D eigenvalue weighted by molar-refractivity contribution is 0.0894. The van der Waals surface area contributed by atoms with Crippen LogP contribution in [-0.4, -0.2) is 18.9 Å². The highest BCUT2D eigenvalue weighted by atomic mass is 35.5. The predicted octanol–water partition coefficient (Wildman–Crippen LogP) is 3.45. The summed E-state index contributed by atoms with van der Waals surface area (Å²) in [6.45, 7) is 7.82. The molecule has 0 unspecified atom stereocenters. The zero-order chi connectivity index (χ0) is 13.3. The van der Waals surface area contributed by atoms with Gasteiger partial charge >= 0.3 is 0 Å². The summed E-state index contributed by atoms with van der Waals surface area (Å²) in [5.74, 6) is 0.427. The van der Waals surface area contributed by atoms with Gasteiger partial charge in [0.05, 0.1) is 0 Å². The van der Waals surface area contributed by atoms with Crippen LogP contribution >= 0.6 is 11.6 Å². The number of benzene rings is 1. The molecule has 0 radical (unpaired) electrons. The quantitative estimate of drug-likeness (QED) is 0.830. The predicted molar refractivity (Wildman–Crippen MR) is 75.6 cm³/mol. The van der Waals surface area contributed by atoms with E-state index in [-0.39, 0.29) is 11.7 Å². The number of hydrogen-bond acceptors (Lipinski definition) is 2. The van der Waals surface area contributed by atoms with E-state index in [0.29, 0.717) is 0 Å². The summed E-state index contributed by atoms with van der Waals surface area (Å²) in [5.41, 5.74) is 3.89. The molecule has 0 amide bonds. The highest BCUT2D eigenvalue weighted by Crippen LogP contribution is 2.30. The molecule has 98 valence electrons. The molecule has 2 nitrogen and oxygen atoms in total. The van der Waals surface area contributed by atoms with Crippen molar-refractivity contribution in [3.05, 3.63) is 33.3 Å². The molecular formula is C15H20ClNO. The van der Waals surface area contributed by atoms with Gasteiger partial charge in [0.2, 0.25) is 0 Å². The van der Waals surface area contributed by atoms with Gasteiger partial charge < -0.3 is 5.32 Å². The third kappa shape index (κ3) is 2.45. The number of aryl methyl sites for hydroxylation is 2. The first kappa shape index (κ1) is 13.6. The first-order chi connectivity index (χ1) is 8.52. The topological polar surface area (TPSA) is 29.1 Å². The Morgan fingerprint density at radius 1 is 1.22 bits per heavy atom. The summed E-state index contributed by atoms with van der Waals surface area (Å²) < 4.78 is 0. The molecule has 0 aliphatic carbocycles. The van der Waals surface area contributed by atoms with Crippen LogP contribution in [0.1, 0.15) is 39.9 Å². The third-order valence-corrected chi connectivity index (χ3v) is 4.42. The van der Waals surface area contributed by atoms with Crippen molar-refractivity contribution in [2.75, 3.05) is 13.1 Å². The van der Waals surface area contributed by atoms with Gasteiger partial charge in [-0.25, -0.2) is 0 Å². The molecule has 1 aromatic carbocycles. The molecule has 1 aliphatic rings. The lowest BCUT2D eigenvalue weighted by Crippen LogP contribution is -2.32. The van der Waals surface area contributed by atoms with Crippen molar-refractivity contribution in [3.63, 3.8) is 0 Å². The molecule has 2 rings (SSSR count). The standard InChI is InChI=1S/C15H20ClNO/c1-9-8-10(2)14(16)11(3)13(9)15(18)12-4-6-17-7-5-12/h8,12,17H,4-7H2,1-3H3. The Labute approximate surface area is 114 Å². The Morgan fingerprint density at radius 3 is 2.44 bits per heavy atom. The average Bonchev–Trinajstić information content (AvgIpc) is 2.37. The fourth-order valence-corrected chi connectivity index (χ4v) is 2.98. The lowest BCUT2D eigenvalue weighted by atomic mass is 9.85. The number of piperidine rings is 1. The molecule has 1 aromatic rings. The molecule has 0 spiro atoms. The number of nitrogens with one attached hydrogen (secondary N) is 1. The fourth-order valence-electron chi connectivity index (χ4n) is 2.83. The minimum Gasteiger partial charge on any atom is -0.317 e. The van der Waals surface area contributed by atoms with E-state index in [1.807, 2.05) is 26.8 Å². The van der Waals surface area contributed by atoms with E-state index in [1.165, 1.54) is 0 Å². The van der Waals surface area contributed by atoms with E-state index >= 15 is 0 Å². The first-order valence-corrected chi connectivity index (χ1v) is 6.91. The third-order valence-electron chi connectivity index (χ3n) is 3.83. The molecule has 0 aromatic heterocycles. The van der Waals surface area contributed by atoms with Crippen molar-refractivity contribution in [3.8, 4) is 0 Å². The molecule has 1 N–H and O–H groups in total. The maximum Gasteiger partial charge on any atom is 0.166 e. The van der Waals surface area contributed by atoms with Crippen LogP contribution in [0.3, 0.4) is 0 Å². The number of rotatable bonds is 2. The molecular weight excluding hydrogens is 246 g/mol. The van der Waals surface area contributed by atoms with E-state index in [1.54, 1.807) is 0 Å². The van der Waals surface area contributed by atoms with Gasteiger partial charge in [-0.1, -0.05) is 17.7 Å². The molecule has 18 heavy (non-hydrogen) atoms. The second-order valence-corrected chi connectivity index (χ2v) is 5.59. The number of Topliss-reactive ketones (excluding diaryl/α,β-unsaturated/α-hetero) is 1. The van der Waals surface area contributed by atoms with Crippen LogP contribution in [0, 0.1) is 26.7 Å². The van der Waals surface area contributed by atoms with Crippen LogP contribution in [0.4, 0.5) is 0 Å². The SMILES string of the molecule is Cc1cc(C)c(C(=O)C2CCNCC2)c(C)c1Cl. The normalized spacial score (nSPS) is 16.9. The summed E-state index contributed by atoms with van der Waals surface area (Å²) in [6.07, 6.45) is 1.87. The van der Waals surface area contributed by atoms with Crippen LogP contribution in [0.15, 0.2) is 6.07 Å². The van der Waals surface area contributed by atoms with Crippen molar-refractivity contribution in [2.45, 2.75) is 33.6 Å². The molecule has 1 heterocycles. The second kappa shape index (κ2) is 5.41. The maximum absolute atomic E-state index is 12.6. The Kier molecular flexibility index (Phi) is 4.08. The first-order valence-electron chi connectivity index (χ1n) is 6.53. The summed E-state index contributed by atoms with van der Waals surface area (Å²) in [4.78, 5) is 12.6. The average molecular weight is 266 g/mol. The van der Waals surface area contributed by atoms with Crippen LogP contribution in [0.5, 0.6) is 0 Å². The molecule has 0 saturated carbocycles. The van der Waals surface area contributed by atoms with Gasteiger partial charge in [-0.15, -0.1) is 0 Å². The van der Waals surface area contributed by atoms with Crippen LogP contribution in [-0.2, 0) is 0 Å². The Morgan fingerprint density at radius 2 is 1.83 bits per heavy atom. The Balaban J connectivity index is 2.38. The van der Waals surface area contributed by atoms with Gasteiger partial charge in [-0.3, -0.25) is 4.79 Å². The van der Waals surface area contributed by atoms with Gasteiger partial charge in [0.15, 0.2) is 5.78 Å². The number of carbonyl (C=O) groups excluding carboxylic acids is 1. The van der Waals surface area contributed by atoms with Gasteiger partial charge in [-0.2, -0.15) is 0 Å². The van der Waals surface area contributed by atoms with Gasteiger partial charge in [0, 0.05) is 16.5 Å². The summed E-state index contributed by atoms with van der Waals surface area (Å²) in [5, 5.41) is 4.03. The molecule has 0 bridgehead atoms. The van der Waals surface area contributed by atoms with E-state index < -0.39 is 0 Å². The van der Waals surface area contributed by atoms with Crippen LogP contribution in [0.2, 0.25) is 5.02 Å². The van der Waals surface area contributed by atoms with Gasteiger partial charge in [0.25, 0.3) is 0 Å². The van der Waals surface area contributed by atoms with Crippen molar-refractivity contribution in [1.82, 2.24) is 5.32 Å². The lowest BCUT2D eigenvalue weighted by Gasteiger charge is -2.23. The molecule has 1 fully saturated rings. The molecule has 3 heteroatoms. The van der Waals surface area contributed by atoms with Crippen LogP contribution in [0.25, 0.3) is 0 Å². The van der Waals surface area contributed by atoms with Gasteiger partial charge in [-0.05, 0) is 63.4 Å². The minimum atomic E-state index is 0.155. The summed E-state index contributed by atoms with van der Waals surface area (Å²) in [6, 6.07) is 2.02. The largest absolute Gasteiger partial charge is 0.317 e.